The van der Waals surface area contributed by atoms with Gasteiger partial charge in [0.1, 0.15) is 11.5 Å². The van der Waals surface area contributed by atoms with Gasteiger partial charge in [0.15, 0.2) is 0 Å². The number of nitrogens with one attached hydrogen (secondary N) is 1. The quantitative estimate of drug-likeness (QED) is 0.908. The fraction of sp³-hybridized carbons (Fsp3) is 0.429. The monoisotopic (exact) mass is 261 g/mol. The van der Waals surface area contributed by atoms with E-state index >= 15 is 0 Å². The van der Waals surface area contributed by atoms with E-state index < -0.39 is 0 Å². The first-order chi connectivity index (χ1) is 9.22. The van der Waals surface area contributed by atoms with E-state index in [0.29, 0.717) is 11.6 Å². The van der Waals surface area contributed by atoms with Gasteiger partial charge in [-0.3, -0.25) is 9.20 Å². The fourth-order valence-electron chi connectivity index (χ4n) is 2.57. The molecule has 1 N–H and O–H groups in total. The van der Waals surface area contributed by atoms with Crippen LogP contribution in [0.15, 0.2) is 29.2 Å². The van der Waals surface area contributed by atoms with Crippen molar-refractivity contribution in [1.29, 1.82) is 0 Å². The van der Waals surface area contributed by atoms with E-state index in [0.717, 1.165) is 31.6 Å². The van der Waals surface area contributed by atoms with Crippen LogP contribution < -0.4 is 10.9 Å². The van der Waals surface area contributed by atoms with Crippen LogP contribution in [-0.4, -0.2) is 22.5 Å². The van der Waals surface area contributed by atoms with E-state index in [1.807, 2.05) is 0 Å². The highest BCUT2D eigenvalue weighted by atomic mass is 19.1. The molecule has 100 valence electrons. The summed E-state index contributed by atoms with van der Waals surface area (Å²) in [6.45, 7) is 2.12. The number of fused-ring (bicyclic) bond motifs is 1. The van der Waals surface area contributed by atoms with Gasteiger partial charge in [-0.2, -0.15) is 0 Å². The minimum atomic E-state index is -0.371. The molecule has 1 aliphatic heterocycles. The molecule has 0 bridgehead atoms. The third-order valence-corrected chi connectivity index (χ3v) is 3.65. The van der Waals surface area contributed by atoms with Gasteiger partial charge in [-0.1, -0.05) is 0 Å². The summed E-state index contributed by atoms with van der Waals surface area (Å²) in [5.41, 5.74) is 0.985. The van der Waals surface area contributed by atoms with Gasteiger partial charge < -0.3 is 5.32 Å². The SMILES string of the molecule is O=c1cc(CCC2CCNC2)nc2cc(F)ccn12. The van der Waals surface area contributed by atoms with Crippen LogP contribution in [0.5, 0.6) is 0 Å². The van der Waals surface area contributed by atoms with Crippen molar-refractivity contribution < 1.29 is 4.39 Å². The van der Waals surface area contributed by atoms with E-state index in [1.165, 1.54) is 29.2 Å². The molecule has 2 aromatic heterocycles. The van der Waals surface area contributed by atoms with Crippen molar-refractivity contribution in [2.45, 2.75) is 19.3 Å². The Bertz CT molecular complexity index is 647. The van der Waals surface area contributed by atoms with Crippen LogP contribution in [0.2, 0.25) is 0 Å². The lowest BCUT2D eigenvalue weighted by atomic mass is 10.0. The zero-order valence-electron chi connectivity index (χ0n) is 10.6. The van der Waals surface area contributed by atoms with Gasteiger partial charge in [-0.15, -0.1) is 0 Å². The molecule has 19 heavy (non-hydrogen) atoms. The maximum Gasteiger partial charge on any atom is 0.258 e. The summed E-state index contributed by atoms with van der Waals surface area (Å²) in [5, 5.41) is 3.32. The molecular formula is C14H16FN3O. The normalized spacial score (nSPS) is 19.1. The lowest BCUT2D eigenvalue weighted by molar-refractivity contribution is 0.529. The van der Waals surface area contributed by atoms with Gasteiger partial charge in [-0.05, 0) is 44.3 Å². The van der Waals surface area contributed by atoms with Crippen molar-refractivity contribution in [3.05, 3.63) is 46.3 Å². The molecule has 3 heterocycles. The summed E-state index contributed by atoms with van der Waals surface area (Å²) < 4.78 is 14.5. The van der Waals surface area contributed by atoms with Crippen LogP contribution in [0.25, 0.3) is 5.65 Å². The van der Waals surface area contributed by atoms with Crippen LogP contribution >= 0.6 is 0 Å². The lowest BCUT2D eigenvalue weighted by Gasteiger charge is -2.08. The number of rotatable bonds is 3. The average Bonchev–Trinajstić information content (AvgIpc) is 2.89. The van der Waals surface area contributed by atoms with Gasteiger partial charge in [0.25, 0.3) is 5.56 Å². The number of halogens is 1. The second kappa shape index (κ2) is 5.09. The van der Waals surface area contributed by atoms with Crippen LogP contribution in [0.4, 0.5) is 4.39 Å². The van der Waals surface area contributed by atoms with Gasteiger partial charge in [0.05, 0.1) is 0 Å². The predicted octanol–water partition coefficient (Wildman–Crippen LogP) is 1.38. The highest BCUT2D eigenvalue weighted by Gasteiger charge is 2.14. The third kappa shape index (κ3) is 2.66. The number of aromatic nitrogens is 2. The Morgan fingerprint density at radius 3 is 3.16 bits per heavy atom. The zero-order chi connectivity index (χ0) is 13.2. The average molecular weight is 261 g/mol. The minimum Gasteiger partial charge on any atom is -0.316 e. The van der Waals surface area contributed by atoms with Crippen molar-refractivity contribution in [2.75, 3.05) is 13.1 Å². The Balaban J connectivity index is 1.85. The second-order valence-corrected chi connectivity index (χ2v) is 5.06. The fourth-order valence-corrected chi connectivity index (χ4v) is 2.57. The highest BCUT2D eigenvalue weighted by molar-refractivity contribution is 5.38. The van der Waals surface area contributed by atoms with Crippen molar-refractivity contribution in [3.8, 4) is 0 Å². The number of hydrogen-bond acceptors (Lipinski definition) is 3. The smallest absolute Gasteiger partial charge is 0.258 e. The molecule has 3 rings (SSSR count). The first kappa shape index (κ1) is 12.3. The number of hydrogen-bond donors (Lipinski definition) is 1. The van der Waals surface area contributed by atoms with E-state index in [9.17, 15) is 9.18 Å². The summed E-state index contributed by atoms with van der Waals surface area (Å²) in [7, 11) is 0. The predicted molar refractivity (Wildman–Crippen MR) is 70.7 cm³/mol. The molecule has 2 aromatic rings. The van der Waals surface area contributed by atoms with E-state index in [-0.39, 0.29) is 11.4 Å². The standard InChI is InChI=1S/C14H16FN3O/c15-11-4-6-18-13(7-11)17-12(8-14(18)19)2-1-10-3-5-16-9-10/h4,6-8,10,16H,1-3,5,9H2. The summed E-state index contributed by atoms with van der Waals surface area (Å²) in [6.07, 6.45) is 4.39. The van der Waals surface area contributed by atoms with Crippen molar-refractivity contribution in [3.63, 3.8) is 0 Å². The number of aryl methyl sites for hydroxylation is 1. The lowest BCUT2D eigenvalue weighted by Crippen LogP contribution is -2.16. The van der Waals surface area contributed by atoms with Crippen LogP contribution in [0.1, 0.15) is 18.5 Å². The van der Waals surface area contributed by atoms with Gasteiger partial charge in [-0.25, -0.2) is 9.37 Å². The van der Waals surface area contributed by atoms with Crippen molar-refractivity contribution in [1.82, 2.24) is 14.7 Å². The molecule has 1 fully saturated rings. The van der Waals surface area contributed by atoms with Crippen molar-refractivity contribution >= 4 is 5.65 Å². The Morgan fingerprint density at radius 2 is 2.37 bits per heavy atom. The van der Waals surface area contributed by atoms with Crippen molar-refractivity contribution in [2.24, 2.45) is 5.92 Å². The first-order valence-corrected chi connectivity index (χ1v) is 6.61. The second-order valence-electron chi connectivity index (χ2n) is 5.06. The van der Waals surface area contributed by atoms with E-state index in [1.54, 1.807) is 6.07 Å². The molecule has 0 amide bonds. The molecule has 0 radical (unpaired) electrons. The maximum absolute atomic E-state index is 13.2. The molecule has 0 saturated carbocycles. The molecule has 5 heteroatoms. The molecule has 1 aliphatic rings. The molecule has 1 saturated heterocycles. The van der Waals surface area contributed by atoms with Gasteiger partial charge >= 0.3 is 0 Å². The maximum atomic E-state index is 13.2. The molecule has 0 spiro atoms. The third-order valence-electron chi connectivity index (χ3n) is 3.65. The summed E-state index contributed by atoms with van der Waals surface area (Å²) in [4.78, 5) is 16.3. The topological polar surface area (TPSA) is 46.4 Å². The van der Waals surface area contributed by atoms with E-state index in [2.05, 4.69) is 10.3 Å². The zero-order valence-corrected chi connectivity index (χ0v) is 10.6. The summed E-state index contributed by atoms with van der Waals surface area (Å²) >= 11 is 0. The van der Waals surface area contributed by atoms with Gasteiger partial charge in [0, 0.05) is 24.0 Å². The molecule has 1 unspecified atom stereocenters. The highest BCUT2D eigenvalue weighted by Crippen LogP contribution is 2.15. The largest absolute Gasteiger partial charge is 0.316 e. The molecular weight excluding hydrogens is 245 g/mol. The summed E-state index contributed by atoms with van der Waals surface area (Å²) in [6, 6.07) is 4.11. The molecule has 4 nitrogen and oxygen atoms in total. The molecule has 0 aliphatic carbocycles. The minimum absolute atomic E-state index is 0.149. The van der Waals surface area contributed by atoms with Crippen LogP contribution in [0, 0.1) is 11.7 Å². The number of nitrogens with zero attached hydrogens (tertiary/aromatic N) is 2. The van der Waals surface area contributed by atoms with Gasteiger partial charge in [0.2, 0.25) is 0 Å². The van der Waals surface area contributed by atoms with Crippen LogP contribution in [0.3, 0.4) is 0 Å². The number of pyridine rings is 1. The Kier molecular flexibility index (Phi) is 3.29. The molecule has 0 aromatic carbocycles. The van der Waals surface area contributed by atoms with Crippen LogP contribution in [-0.2, 0) is 6.42 Å². The Hall–Kier alpha value is -1.75. The summed E-state index contributed by atoms with van der Waals surface area (Å²) in [5.74, 6) is 0.289. The first-order valence-electron chi connectivity index (χ1n) is 6.61. The van der Waals surface area contributed by atoms with E-state index in [4.69, 9.17) is 0 Å². The Labute approximate surface area is 110 Å². The Morgan fingerprint density at radius 1 is 1.47 bits per heavy atom. The molecule has 1 atom stereocenters.